The van der Waals surface area contributed by atoms with Crippen LogP contribution in [0.1, 0.15) is 23.8 Å². The van der Waals surface area contributed by atoms with Gasteiger partial charge < -0.3 is 14.9 Å². The topological polar surface area (TPSA) is 48.4 Å². The highest BCUT2D eigenvalue weighted by Gasteiger charge is 2.10. The molecule has 1 atom stereocenters. The molecule has 3 nitrogen and oxygen atoms in total. The van der Waals surface area contributed by atoms with E-state index in [0.29, 0.717) is 10.8 Å². The third-order valence-electron chi connectivity index (χ3n) is 2.89. The van der Waals surface area contributed by atoms with Gasteiger partial charge in [-0.3, -0.25) is 0 Å². The molecule has 4 heteroatoms. The Bertz CT molecular complexity index is 497. The van der Waals surface area contributed by atoms with Crippen molar-refractivity contribution in [1.82, 2.24) is 0 Å². The van der Waals surface area contributed by atoms with E-state index in [4.69, 9.17) is 26.5 Å². The van der Waals surface area contributed by atoms with Gasteiger partial charge in [-0.25, -0.2) is 0 Å². The van der Waals surface area contributed by atoms with Crippen molar-refractivity contribution in [2.45, 2.75) is 18.9 Å². The van der Waals surface area contributed by atoms with Gasteiger partial charge in [0.05, 0.1) is 18.4 Å². The first-order valence-electron chi connectivity index (χ1n) is 5.82. The number of halogens is 1. The van der Waals surface area contributed by atoms with Crippen molar-refractivity contribution < 1.29 is 9.15 Å². The lowest BCUT2D eigenvalue weighted by molar-refractivity contribution is 0.413. The molecular weight excluding hydrogens is 250 g/mol. The molecule has 0 bridgehead atoms. The smallest absolute Gasteiger partial charge is 0.137 e. The van der Waals surface area contributed by atoms with Crippen LogP contribution < -0.4 is 10.5 Å². The summed E-state index contributed by atoms with van der Waals surface area (Å²) < 4.78 is 10.5. The highest BCUT2D eigenvalue weighted by molar-refractivity contribution is 6.32. The lowest BCUT2D eigenvalue weighted by Gasteiger charge is -2.13. The number of hydrogen-bond acceptors (Lipinski definition) is 3. The Balaban J connectivity index is 2.02. The molecule has 96 valence electrons. The second-order valence-corrected chi connectivity index (χ2v) is 4.53. The summed E-state index contributed by atoms with van der Waals surface area (Å²) in [4.78, 5) is 0. The van der Waals surface area contributed by atoms with Crippen molar-refractivity contribution in [2.75, 3.05) is 7.11 Å². The lowest BCUT2D eigenvalue weighted by Crippen LogP contribution is -2.11. The Hall–Kier alpha value is -1.45. The summed E-state index contributed by atoms with van der Waals surface area (Å²) in [5.41, 5.74) is 7.16. The van der Waals surface area contributed by atoms with Gasteiger partial charge in [0.15, 0.2) is 0 Å². The quantitative estimate of drug-likeness (QED) is 0.899. The number of hydrogen-bond donors (Lipinski definition) is 1. The van der Waals surface area contributed by atoms with E-state index in [2.05, 4.69) is 0 Å². The second-order valence-electron chi connectivity index (χ2n) is 4.12. The number of furan rings is 1. The zero-order valence-electron chi connectivity index (χ0n) is 10.2. The van der Waals surface area contributed by atoms with E-state index >= 15 is 0 Å². The van der Waals surface area contributed by atoms with Gasteiger partial charge in [0.1, 0.15) is 11.5 Å². The van der Waals surface area contributed by atoms with Crippen LogP contribution in [0.3, 0.4) is 0 Å². The molecule has 0 spiro atoms. The highest BCUT2D eigenvalue weighted by Crippen LogP contribution is 2.28. The Morgan fingerprint density at radius 1 is 1.39 bits per heavy atom. The lowest BCUT2D eigenvalue weighted by atomic mass is 10.0. The van der Waals surface area contributed by atoms with E-state index < -0.39 is 0 Å². The highest BCUT2D eigenvalue weighted by atomic mass is 35.5. The fraction of sp³-hybridized carbons (Fsp3) is 0.286. The number of ether oxygens (including phenoxy) is 1. The van der Waals surface area contributed by atoms with Crippen molar-refractivity contribution in [3.8, 4) is 5.75 Å². The SMILES string of the molecule is COc1cc(C(N)CCc2ccco2)ccc1Cl. The monoisotopic (exact) mass is 265 g/mol. The van der Waals surface area contributed by atoms with Crippen LogP contribution in [-0.2, 0) is 6.42 Å². The van der Waals surface area contributed by atoms with E-state index in [9.17, 15) is 0 Å². The first-order chi connectivity index (χ1) is 8.70. The standard InChI is InChI=1S/C14H16ClNO2/c1-17-14-9-10(4-6-12(14)15)13(16)7-5-11-3-2-8-18-11/h2-4,6,8-9,13H,5,7,16H2,1H3. The van der Waals surface area contributed by atoms with Gasteiger partial charge in [0.2, 0.25) is 0 Å². The molecule has 1 aromatic heterocycles. The van der Waals surface area contributed by atoms with Gasteiger partial charge in [-0.15, -0.1) is 0 Å². The molecule has 0 aliphatic rings. The molecule has 0 amide bonds. The van der Waals surface area contributed by atoms with Crippen molar-refractivity contribution >= 4 is 11.6 Å². The average molecular weight is 266 g/mol. The molecule has 18 heavy (non-hydrogen) atoms. The van der Waals surface area contributed by atoms with Gasteiger partial charge in [0, 0.05) is 12.5 Å². The summed E-state index contributed by atoms with van der Waals surface area (Å²) in [6.45, 7) is 0. The van der Waals surface area contributed by atoms with E-state index in [-0.39, 0.29) is 6.04 Å². The van der Waals surface area contributed by atoms with E-state index in [0.717, 1.165) is 24.2 Å². The molecule has 2 rings (SSSR count). The van der Waals surface area contributed by atoms with Crippen molar-refractivity contribution in [1.29, 1.82) is 0 Å². The summed E-state index contributed by atoms with van der Waals surface area (Å²) in [6, 6.07) is 9.40. The van der Waals surface area contributed by atoms with Gasteiger partial charge in [-0.05, 0) is 36.2 Å². The summed E-state index contributed by atoms with van der Waals surface area (Å²) in [5, 5.41) is 0.597. The third-order valence-corrected chi connectivity index (χ3v) is 3.20. The molecule has 0 fully saturated rings. The molecule has 2 N–H and O–H groups in total. The van der Waals surface area contributed by atoms with Gasteiger partial charge in [0.25, 0.3) is 0 Å². The number of methoxy groups -OCH3 is 1. The molecule has 0 radical (unpaired) electrons. The van der Waals surface area contributed by atoms with Crippen molar-refractivity contribution in [3.63, 3.8) is 0 Å². The Morgan fingerprint density at radius 3 is 2.89 bits per heavy atom. The first kappa shape index (κ1) is 13.0. The van der Waals surface area contributed by atoms with Crippen LogP contribution >= 0.6 is 11.6 Å². The van der Waals surface area contributed by atoms with Crippen LogP contribution in [0.2, 0.25) is 5.02 Å². The van der Waals surface area contributed by atoms with Crippen molar-refractivity contribution in [3.05, 3.63) is 52.9 Å². The molecule has 2 aromatic rings. The number of benzene rings is 1. The number of nitrogens with two attached hydrogens (primary N) is 1. The van der Waals surface area contributed by atoms with Gasteiger partial charge >= 0.3 is 0 Å². The van der Waals surface area contributed by atoms with Crippen LogP contribution in [0.4, 0.5) is 0 Å². The predicted octanol–water partition coefficient (Wildman–Crippen LogP) is 3.57. The zero-order valence-corrected chi connectivity index (χ0v) is 11.0. The molecular formula is C14H16ClNO2. The molecule has 0 saturated carbocycles. The van der Waals surface area contributed by atoms with Crippen molar-refractivity contribution in [2.24, 2.45) is 5.73 Å². The minimum Gasteiger partial charge on any atom is -0.495 e. The second kappa shape index (κ2) is 5.94. The predicted molar refractivity (Wildman–Crippen MR) is 72.0 cm³/mol. The van der Waals surface area contributed by atoms with Crippen LogP contribution in [-0.4, -0.2) is 7.11 Å². The third kappa shape index (κ3) is 3.06. The molecule has 0 aliphatic carbocycles. The Morgan fingerprint density at radius 2 is 2.22 bits per heavy atom. The molecule has 0 saturated heterocycles. The Labute approximate surface area is 111 Å². The van der Waals surface area contributed by atoms with Crippen LogP contribution in [0.15, 0.2) is 41.0 Å². The molecule has 0 aliphatic heterocycles. The first-order valence-corrected chi connectivity index (χ1v) is 6.20. The zero-order chi connectivity index (χ0) is 13.0. The summed E-state index contributed by atoms with van der Waals surface area (Å²) in [7, 11) is 1.60. The van der Waals surface area contributed by atoms with Gasteiger partial charge in [-0.2, -0.15) is 0 Å². The van der Waals surface area contributed by atoms with Crippen LogP contribution in [0.25, 0.3) is 0 Å². The largest absolute Gasteiger partial charge is 0.495 e. The van der Waals surface area contributed by atoms with E-state index in [1.54, 1.807) is 13.4 Å². The maximum Gasteiger partial charge on any atom is 0.137 e. The van der Waals surface area contributed by atoms with Gasteiger partial charge in [-0.1, -0.05) is 17.7 Å². The maximum absolute atomic E-state index is 6.14. The fourth-order valence-electron chi connectivity index (χ4n) is 1.83. The van der Waals surface area contributed by atoms with Crippen LogP contribution in [0.5, 0.6) is 5.75 Å². The van der Waals surface area contributed by atoms with Crippen LogP contribution in [0, 0.1) is 0 Å². The normalized spacial score (nSPS) is 12.4. The minimum absolute atomic E-state index is 0.0544. The van der Waals surface area contributed by atoms with E-state index in [1.165, 1.54) is 0 Å². The summed E-state index contributed by atoms with van der Waals surface area (Å²) >= 11 is 5.98. The minimum atomic E-state index is -0.0544. The summed E-state index contributed by atoms with van der Waals surface area (Å²) in [5.74, 6) is 1.61. The molecule has 1 heterocycles. The molecule has 1 unspecified atom stereocenters. The fourth-order valence-corrected chi connectivity index (χ4v) is 2.02. The number of aryl methyl sites for hydroxylation is 1. The Kier molecular flexibility index (Phi) is 4.28. The summed E-state index contributed by atoms with van der Waals surface area (Å²) in [6.07, 6.45) is 3.31. The number of rotatable bonds is 5. The molecule has 1 aromatic carbocycles. The average Bonchev–Trinajstić information content (AvgIpc) is 2.89. The maximum atomic E-state index is 6.14. The van der Waals surface area contributed by atoms with E-state index in [1.807, 2.05) is 30.3 Å².